The van der Waals surface area contributed by atoms with Gasteiger partial charge < -0.3 is 4.90 Å². The number of benzene rings is 7. The molecular weight excluding hydrogens is 506 g/mol. The number of hydrogen-bond acceptors (Lipinski definition) is 1. The van der Waals surface area contributed by atoms with Crippen LogP contribution in [0.5, 0.6) is 0 Å². The Labute approximate surface area is 247 Å². The van der Waals surface area contributed by atoms with Crippen molar-refractivity contribution in [1.82, 2.24) is 0 Å². The van der Waals surface area contributed by atoms with E-state index in [1.54, 1.807) is 0 Å². The van der Waals surface area contributed by atoms with E-state index in [1.165, 1.54) is 44.2 Å². The van der Waals surface area contributed by atoms with Gasteiger partial charge in [-0.25, -0.2) is 0 Å². The first kappa shape index (κ1) is 24.4. The number of hydrogen-bond donors (Lipinski definition) is 0. The van der Waals surface area contributed by atoms with Crippen LogP contribution in [0.2, 0.25) is 0 Å². The summed E-state index contributed by atoms with van der Waals surface area (Å²) >= 11 is 0. The SMILES string of the molecule is c1ccc(N(c2ccccc2)c2ccc3cc4c(cc3c2)C(c2ccccc2)(c2ccccc2)c2ccccc2-4)cc1. The lowest BCUT2D eigenvalue weighted by Crippen LogP contribution is -2.28. The Hall–Kier alpha value is -5.40. The highest BCUT2D eigenvalue weighted by Crippen LogP contribution is 2.57. The largest absolute Gasteiger partial charge is 0.310 e. The van der Waals surface area contributed by atoms with Crippen LogP contribution in [-0.2, 0) is 5.41 Å². The smallest absolute Gasteiger partial charge is 0.0713 e. The van der Waals surface area contributed by atoms with E-state index in [9.17, 15) is 0 Å². The quantitative estimate of drug-likeness (QED) is 0.212. The lowest BCUT2D eigenvalue weighted by molar-refractivity contribution is 0.769. The zero-order valence-electron chi connectivity index (χ0n) is 23.2. The third kappa shape index (κ3) is 3.71. The van der Waals surface area contributed by atoms with Crippen molar-refractivity contribution in [3.8, 4) is 11.1 Å². The highest BCUT2D eigenvalue weighted by atomic mass is 15.1. The van der Waals surface area contributed by atoms with Gasteiger partial charge in [-0.15, -0.1) is 0 Å². The fourth-order valence-corrected chi connectivity index (χ4v) is 6.91. The average molecular weight is 536 g/mol. The van der Waals surface area contributed by atoms with Crippen LogP contribution in [0.25, 0.3) is 21.9 Å². The zero-order valence-corrected chi connectivity index (χ0v) is 23.2. The van der Waals surface area contributed by atoms with Crippen LogP contribution in [0.1, 0.15) is 22.3 Å². The van der Waals surface area contributed by atoms with Crippen molar-refractivity contribution in [2.45, 2.75) is 5.41 Å². The van der Waals surface area contributed by atoms with Gasteiger partial charge in [0.1, 0.15) is 0 Å². The Morgan fingerprint density at radius 3 is 1.45 bits per heavy atom. The van der Waals surface area contributed by atoms with Crippen LogP contribution in [0.3, 0.4) is 0 Å². The molecule has 1 heteroatoms. The predicted octanol–water partition coefficient (Wildman–Crippen LogP) is 10.7. The summed E-state index contributed by atoms with van der Waals surface area (Å²) in [6.45, 7) is 0. The van der Waals surface area contributed by atoms with Gasteiger partial charge in [0.15, 0.2) is 0 Å². The van der Waals surface area contributed by atoms with Crippen molar-refractivity contribution in [1.29, 1.82) is 0 Å². The summed E-state index contributed by atoms with van der Waals surface area (Å²) in [6, 6.07) is 63.9. The van der Waals surface area contributed by atoms with E-state index >= 15 is 0 Å². The second-order valence-electron chi connectivity index (χ2n) is 11.0. The summed E-state index contributed by atoms with van der Waals surface area (Å²) in [5, 5.41) is 2.47. The fourth-order valence-electron chi connectivity index (χ4n) is 6.91. The third-order valence-corrected chi connectivity index (χ3v) is 8.69. The summed E-state index contributed by atoms with van der Waals surface area (Å²) < 4.78 is 0. The number of fused-ring (bicyclic) bond motifs is 4. The minimum atomic E-state index is -0.406. The minimum absolute atomic E-state index is 0.406. The molecule has 7 aromatic rings. The van der Waals surface area contributed by atoms with Gasteiger partial charge in [-0.05, 0) is 92.7 Å². The topological polar surface area (TPSA) is 3.24 Å². The van der Waals surface area contributed by atoms with E-state index < -0.39 is 5.41 Å². The molecule has 0 spiro atoms. The maximum Gasteiger partial charge on any atom is 0.0713 e. The van der Waals surface area contributed by atoms with Crippen LogP contribution in [0.4, 0.5) is 17.1 Å². The Morgan fingerprint density at radius 2 is 0.857 bits per heavy atom. The summed E-state index contributed by atoms with van der Waals surface area (Å²) in [5.74, 6) is 0. The fraction of sp³-hybridized carbons (Fsp3) is 0.0244. The molecule has 0 fully saturated rings. The van der Waals surface area contributed by atoms with Gasteiger partial charge in [0.05, 0.1) is 5.41 Å². The predicted molar refractivity (Wildman–Crippen MR) is 176 cm³/mol. The van der Waals surface area contributed by atoms with E-state index in [0.717, 1.165) is 17.1 Å². The molecule has 7 aromatic carbocycles. The van der Waals surface area contributed by atoms with Crippen molar-refractivity contribution < 1.29 is 0 Å². The van der Waals surface area contributed by atoms with Gasteiger partial charge in [-0.3, -0.25) is 0 Å². The van der Waals surface area contributed by atoms with E-state index in [0.29, 0.717) is 0 Å². The van der Waals surface area contributed by atoms with Crippen molar-refractivity contribution >= 4 is 27.8 Å². The number of rotatable bonds is 5. The van der Waals surface area contributed by atoms with Crippen LogP contribution in [0, 0.1) is 0 Å². The van der Waals surface area contributed by atoms with Crippen molar-refractivity contribution in [3.05, 3.63) is 198 Å². The molecule has 1 aliphatic carbocycles. The molecular formula is C41H29N. The summed E-state index contributed by atoms with van der Waals surface area (Å²) in [6.07, 6.45) is 0. The molecule has 42 heavy (non-hydrogen) atoms. The van der Waals surface area contributed by atoms with Gasteiger partial charge in [0.2, 0.25) is 0 Å². The average Bonchev–Trinajstić information content (AvgIpc) is 3.35. The standard InChI is InChI=1S/C41H29N/c1-5-15-32(16-6-1)41(33-17-7-2-8-18-33)39-24-14-13-23-37(39)38-28-30-25-26-36(27-31(30)29-40(38)41)42(34-19-9-3-10-20-34)35-21-11-4-12-22-35/h1-29H. The second-order valence-corrected chi connectivity index (χ2v) is 11.0. The first-order valence-corrected chi connectivity index (χ1v) is 14.5. The lowest BCUT2D eigenvalue weighted by Gasteiger charge is -2.34. The molecule has 8 rings (SSSR count). The second kappa shape index (κ2) is 9.90. The first-order chi connectivity index (χ1) is 20.8. The van der Waals surface area contributed by atoms with Gasteiger partial charge in [0, 0.05) is 17.1 Å². The molecule has 0 saturated heterocycles. The van der Waals surface area contributed by atoms with E-state index in [2.05, 4.69) is 181 Å². The molecule has 0 aliphatic heterocycles. The van der Waals surface area contributed by atoms with Crippen LogP contribution >= 0.6 is 0 Å². The Kier molecular flexibility index (Phi) is 5.75. The van der Waals surface area contributed by atoms with Crippen molar-refractivity contribution in [2.24, 2.45) is 0 Å². The van der Waals surface area contributed by atoms with Gasteiger partial charge in [0.25, 0.3) is 0 Å². The monoisotopic (exact) mass is 535 g/mol. The number of anilines is 3. The zero-order chi connectivity index (χ0) is 27.9. The maximum absolute atomic E-state index is 2.45. The number of para-hydroxylation sites is 2. The molecule has 0 amide bonds. The van der Waals surface area contributed by atoms with Gasteiger partial charge in [-0.2, -0.15) is 0 Å². The summed E-state index contributed by atoms with van der Waals surface area (Å²) in [7, 11) is 0. The highest BCUT2D eigenvalue weighted by Gasteiger charge is 2.46. The molecule has 0 unspecified atom stereocenters. The third-order valence-electron chi connectivity index (χ3n) is 8.69. The Bertz CT molecular complexity index is 1930. The normalized spacial score (nSPS) is 13.0. The van der Waals surface area contributed by atoms with Crippen LogP contribution < -0.4 is 4.90 Å². The molecule has 0 heterocycles. The Balaban J connectivity index is 1.41. The first-order valence-electron chi connectivity index (χ1n) is 14.5. The van der Waals surface area contributed by atoms with E-state index in [-0.39, 0.29) is 0 Å². The van der Waals surface area contributed by atoms with Gasteiger partial charge >= 0.3 is 0 Å². The van der Waals surface area contributed by atoms with Gasteiger partial charge in [-0.1, -0.05) is 127 Å². The molecule has 0 N–H and O–H groups in total. The minimum Gasteiger partial charge on any atom is -0.310 e. The van der Waals surface area contributed by atoms with Crippen molar-refractivity contribution in [2.75, 3.05) is 4.90 Å². The molecule has 0 bridgehead atoms. The molecule has 198 valence electrons. The molecule has 0 radical (unpaired) electrons. The van der Waals surface area contributed by atoms with Crippen LogP contribution in [0.15, 0.2) is 176 Å². The summed E-state index contributed by atoms with van der Waals surface area (Å²) in [5.41, 5.74) is 10.9. The summed E-state index contributed by atoms with van der Waals surface area (Å²) in [4.78, 5) is 2.34. The van der Waals surface area contributed by atoms with Crippen molar-refractivity contribution in [3.63, 3.8) is 0 Å². The molecule has 1 nitrogen and oxygen atoms in total. The van der Waals surface area contributed by atoms with E-state index in [1.807, 2.05) is 0 Å². The highest BCUT2D eigenvalue weighted by molar-refractivity contribution is 5.98. The molecule has 0 atom stereocenters. The molecule has 1 aliphatic rings. The Morgan fingerprint density at radius 1 is 0.333 bits per heavy atom. The lowest BCUT2D eigenvalue weighted by atomic mass is 9.67. The maximum atomic E-state index is 2.45. The molecule has 0 saturated carbocycles. The molecule has 0 aromatic heterocycles. The van der Waals surface area contributed by atoms with Crippen LogP contribution in [-0.4, -0.2) is 0 Å². The number of nitrogens with zero attached hydrogens (tertiary/aromatic N) is 1. The van der Waals surface area contributed by atoms with E-state index in [4.69, 9.17) is 0 Å².